The summed E-state index contributed by atoms with van der Waals surface area (Å²) in [7, 11) is 3.20. The summed E-state index contributed by atoms with van der Waals surface area (Å²) in [5.41, 5.74) is 0.713. The van der Waals surface area contributed by atoms with E-state index < -0.39 is 5.82 Å². The van der Waals surface area contributed by atoms with Crippen LogP contribution in [-0.4, -0.2) is 30.0 Å². The topological polar surface area (TPSA) is 40.5 Å². The van der Waals surface area contributed by atoms with Crippen molar-refractivity contribution in [1.82, 2.24) is 4.90 Å². The van der Waals surface area contributed by atoms with Crippen LogP contribution < -0.4 is 0 Å². The van der Waals surface area contributed by atoms with Crippen molar-refractivity contribution in [1.29, 1.82) is 0 Å². The number of amides is 1. The standard InChI is InChI=1S/C10H11FINO2/c1-13(2)10(15)8-4-7(11)3-6(5-14)9(8)12/h3-4,14H,5H2,1-2H3. The number of carbonyl (C=O) groups is 1. The van der Waals surface area contributed by atoms with Crippen LogP contribution in [0.2, 0.25) is 0 Å². The third-order valence-corrected chi connectivity index (χ3v) is 3.19. The average Bonchev–Trinajstić information content (AvgIpc) is 2.19. The van der Waals surface area contributed by atoms with E-state index in [2.05, 4.69) is 0 Å². The number of nitrogens with zero attached hydrogens (tertiary/aromatic N) is 1. The number of benzene rings is 1. The molecule has 0 aliphatic heterocycles. The number of rotatable bonds is 2. The van der Waals surface area contributed by atoms with Crippen molar-refractivity contribution >= 4 is 28.5 Å². The van der Waals surface area contributed by atoms with Crippen LogP contribution >= 0.6 is 22.6 Å². The fourth-order valence-electron chi connectivity index (χ4n) is 1.16. The van der Waals surface area contributed by atoms with E-state index in [0.29, 0.717) is 9.13 Å². The SMILES string of the molecule is CN(C)C(=O)c1cc(F)cc(CO)c1I. The second kappa shape index (κ2) is 4.89. The molecule has 3 nitrogen and oxygen atoms in total. The molecule has 1 amide bonds. The highest BCUT2D eigenvalue weighted by atomic mass is 127. The molecule has 0 heterocycles. The molecule has 0 saturated carbocycles. The fourth-order valence-corrected chi connectivity index (χ4v) is 1.87. The molecule has 5 heteroatoms. The van der Waals surface area contributed by atoms with Crippen molar-refractivity contribution < 1.29 is 14.3 Å². The summed E-state index contributed by atoms with van der Waals surface area (Å²) in [6, 6.07) is 2.41. The lowest BCUT2D eigenvalue weighted by Gasteiger charge is -2.13. The minimum Gasteiger partial charge on any atom is -0.392 e. The van der Waals surface area contributed by atoms with Gasteiger partial charge in [-0.05, 0) is 40.3 Å². The van der Waals surface area contributed by atoms with Crippen molar-refractivity contribution in [2.24, 2.45) is 0 Å². The van der Waals surface area contributed by atoms with Crippen LogP contribution in [-0.2, 0) is 6.61 Å². The summed E-state index contributed by atoms with van der Waals surface area (Å²) in [5.74, 6) is -0.779. The van der Waals surface area contributed by atoms with Crippen molar-refractivity contribution in [3.05, 3.63) is 32.6 Å². The molecule has 0 aromatic heterocycles. The van der Waals surface area contributed by atoms with Gasteiger partial charge in [0.05, 0.1) is 12.2 Å². The summed E-state index contributed by atoms with van der Waals surface area (Å²) < 4.78 is 13.7. The van der Waals surface area contributed by atoms with Gasteiger partial charge in [-0.15, -0.1) is 0 Å². The Morgan fingerprint density at radius 1 is 1.53 bits per heavy atom. The molecule has 1 aromatic carbocycles. The van der Waals surface area contributed by atoms with Gasteiger partial charge in [0.15, 0.2) is 0 Å². The molecule has 0 spiro atoms. The van der Waals surface area contributed by atoms with Crippen LogP contribution in [0.4, 0.5) is 4.39 Å². The van der Waals surface area contributed by atoms with Crippen molar-refractivity contribution in [2.75, 3.05) is 14.1 Å². The first kappa shape index (κ1) is 12.4. The molecule has 0 atom stereocenters. The third kappa shape index (κ3) is 2.66. The number of hydrogen-bond donors (Lipinski definition) is 1. The van der Waals surface area contributed by atoms with E-state index in [4.69, 9.17) is 5.11 Å². The number of aliphatic hydroxyl groups excluding tert-OH is 1. The Hall–Kier alpha value is -0.690. The molecular weight excluding hydrogens is 312 g/mol. The Morgan fingerprint density at radius 2 is 2.13 bits per heavy atom. The zero-order valence-corrected chi connectivity index (χ0v) is 10.6. The number of carbonyl (C=O) groups excluding carboxylic acids is 1. The predicted molar refractivity (Wildman–Crippen MR) is 63.1 cm³/mol. The van der Waals surface area contributed by atoms with E-state index in [0.717, 1.165) is 0 Å². The molecule has 1 aromatic rings. The van der Waals surface area contributed by atoms with Gasteiger partial charge >= 0.3 is 0 Å². The number of hydrogen-bond acceptors (Lipinski definition) is 2. The first-order valence-electron chi connectivity index (χ1n) is 4.27. The lowest BCUT2D eigenvalue weighted by molar-refractivity contribution is 0.0826. The van der Waals surface area contributed by atoms with Gasteiger partial charge in [-0.1, -0.05) is 0 Å². The molecule has 1 rings (SSSR count). The molecule has 0 aliphatic rings. The molecule has 0 saturated heterocycles. The average molecular weight is 323 g/mol. The van der Waals surface area contributed by atoms with Crippen molar-refractivity contribution in [3.8, 4) is 0 Å². The first-order valence-corrected chi connectivity index (χ1v) is 5.35. The van der Waals surface area contributed by atoms with E-state index in [1.165, 1.54) is 17.0 Å². The van der Waals surface area contributed by atoms with E-state index in [1.54, 1.807) is 14.1 Å². The van der Waals surface area contributed by atoms with Crippen molar-refractivity contribution in [3.63, 3.8) is 0 Å². The molecule has 82 valence electrons. The molecule has 1 N–H and O–H groups in total. The number of halogens is 2. The van der Waals surface area contributed by atoms with Gasteiger partial charge in [-0.3, -0.25) is 4.79 Å². The second-order valence-electron chi connectivity index (χ2n) is 3.28. The quantitative estimate of drug-likeness (QED) is 0.841. The monoisotopic (exact) mass is 323 g/mol. The van der Waals surface area contributed by atoms with Gasteiger partial charge in [0, 0.05) is 17.7 Å². The first-order chi connectivity index (χ1) is 6.97. The lowest BCUT2D eigenvalue weighted by Crippen LogP contribution is -2.23. The summed E-state index contributed by atoms with van der Waals surface area (Å²) >= 11 is 1.93. The van der Waals surface area contributed by atoms with Crippen molar-refractivity contribution in [2.45, 2.75) is 6.61 Å². The van der Waals surface area contributed by atoms with E-state index >= 15 is 0 Å². The van der Waals surface area contributed by atoms with Gasteiger partial charge in [0.2, 0.25) is 0 Å². The highest BCUT2D eigenvalue weighted by molar-refractivity contribution is 14.1. The van der Waals surface area contributed by atoms with Crippen LogP contribution in [0.25, 0.3) is 0 Å². The maximum atomic E-state index is 13.1. The molecule has 0 unspecified atom stereocenters. The molecule has 0 radical (unpaired) electrons. The number of aliphatic hydroxyl groups is 1. The maximum absolute atomic E-state index is 13.1. The van der Waals surface area contributed by atoms with E-state index in [1.807, 2.05) is 22.6 Å². The highest BCUT2D eigenvalue weighted by Gasteiger charge is 2.16. The Bertz CT molecular complexity index is 393. The second-order valence-corrected chi connectivity index (χ2v) is 4.36. The van der Waals surface area contributed by atoms with Gasteiger partial charge in [-0.25, -0.2) is 4.39 Å². The summed E-state index contributed by atoms with van der Waals surface area (Å²) in [5, 5.41) is 8.99. The largest absolute Gasteiger partial charge is 0.392 e. The molecule has 15 heavy (non-hydrogen) atoms. The zero-order valence-electron chi connectivity index (χ0n) is 8.42. The lowest BCUT2D eigenvalue weighted by atomic mass is 10.1. The van der Waals surface area contributed by atoms with Crippen LogP contribution in [0.1, 0.15) is 15.9 Å². The maximum Gasteiger partial charge on any atom is 0.254 e. The summed E-state index contributed by atoms with van der Waals surface area (Å²) in [4.78, 5) is 13.0. The highest BCUT2D eigenvalue weighted by Crippen LogP contribution is 2.20. The Kier molecular flexibility index (Phi) is 4.04. The van der Waals surface area contributed by atoms with Crippen LogP contribution in [0.15, 0.2) is 12.1 Å². The minimum absolute atomic E-state index is 0.270. The summed E-state index contributed by atoms with van der Waals surface area (Å²) in [6.45, 7) is -0.274. The molecular formula is C10H11FINO2. The van der Waals surface area contributed by atoms with Gasteiger partial charge < -0.3 is 10.0 Å². The Balaban J connectivity index is 3.29. The predicted octanol–water partition coefficient (Wildman–Crippen LogP) is 1.62. The normalized spacial score (nSPS) is 10.2. The molecule has 0 bridgehead atoms. The van der Waals surface area contributed by atoms with Crippen LogP contribution in [0.3, 0.4) is 0 Å². The Labute approximate surface area is 101 Å². The smallest absolute Gasteiger partial charge is 0.254 e. The van der Waals surface area contributed by atoms with Gasteiger partial charge in [-0.2, -0.15) is 0 Å². The van der Waals surface area contributed by atoms with Crippen LogP contribution in [0, 0.1) is 9.39 Å². The fraction of sp³-hybridized carbons (Fsp3) is 0.300. The summed E-state index contributed by atoms with van der Waals surface area (Å²) in [6.07, 6.45) is 0. The molecule has 0 fully saturated rings. The van der Waals surface area contributed by atoms with E-state index in [9.17, 15) is 9.18 Å². The van der Waals surface area contributed by atoms with E-state index in [-0.39, 0.29) is 18.1 Å². The van der Waals surface area contributed by atoms with Gasteiger partial charge in [0.25, 0.3) is 5.91 Å². The minimum atomic E-state index is -0.510. The van der Waals surface area contributed by atoms with Crippen LogP contribution in [0.5, 0.6) is 0 Å². The zero-order chi connectivity index (χ0) is 11.6. The molecule has 0 aliphatic carbocycles. The third-order valence-electron chi connectivity index (χ3n) is 1.92. The van der Waals surface area contributed by atoms with Gasteiger partial charge in [0.1, 0.15) is 5.82 Å². The Morgan fingerprint density at radius 3 is 2.60 bits per heavy atom.